The Bertz CT molecular complexity index is 1370. The number of aryl methyl sites for hydroxylation is 1. The van der Waals surface area contributed by atoms with Gasteiger partial charge in [-0.15, -0.1) is 11.3 Å². The minimum Gasteiger partial charge on any atom is -0.355 e. The molecule has 34 heavy (non-hydrogen) atoms. The average Bonchev–Trinajstić information content (AvgIpc) is 3.49. The molecule has 4 heterocycles. The van der Waals surface area contributed by atoms with Crippen molar-refractivity contribution in [1.82, 2.24) is 15.0 Å². The number of halogens is 3. The van der Waals surface area contributed by atoms with Gasteiger partial charge in [-0.3, -0.25) is 9.78 Å². The highest BCUT2D eigenvalue weighted by Crippen LogP contribution is 2.35. The molecule has 0 saturated carbocycles. The van der Waals surface area contributed by atoms with Crippen LogP contribution in [0.4, 0.5) is 24.7 Å². The van der Waals surface area contributed by atoms with E-state index in [1.165, 1.54) is 6.20 Å². The third-order valence-electron chi connectivity index (χ3n) is 6.03. The molecule has 0 bridgehead atoms. The zero-order chi connectivity index (χ0) is 23.9. The Hall–Kier alpha value is -3.53. The molecule has 1 aliphatic rings. The first-order valence-corrected chi connectivity index (χ1v) is 11.5. The van der Waals surface area contributed by atoms with Gasteiger partial charge in [0.15, 0.2) is 0 Å². The Morgan fingerprint density at radius 2 is 2.03 bits per heavy atom. The number of anilines is 2. The standard InChI is InChI=1S/C24H20F3N5OS/c1-14-2-3-15(22(33)31-18-9-17(10-28-11-18)24(25,26)27)8-20(14)16-4-6-32(12-16)21-19-5-7-34-23(19)30-13-29-21/h2-3,5,7-11,13,16H,4,6,12H2,1H3,(H,31,33)/t16-/m1/s1. The minimum absolute atomic E-state index is 0.00228. The van der Waals surface area contributed by atoms with E-state index in [4.69, 9.17) is 0 Å². The summed E-state index contributed by atoms with van der Waals surface area (Å²) in [6.07, 6.45) is -0.117. The molecule has 6 nitrogen and oxygen atoms in total. The highest BCUT2D eigenvalue weighted by Gasteiger charge is 2.31. The van der Waals surface area contributed by atoms with E-state index in [1.807, 2.05) is 30.5 Å². The van der Waals surface area contributed by atoms with Crippen LogP contribution < -0.4 is 10.2 Å². The fourth-order valence-electron chi connectivity index (χ4n) is 4.32. The zero-order valence-electron chi connectivity index (χ0n) is 18.1. The molecule has 174 valence electrons. The lowest BCUT2D eigenvalue weighted by Gasteiger charge is -2.19. The van der Waals surface area contributed by atoms with Gasteiger partial charge < -0.3 is 10.2 Å². The summed E-state index contributed by atoms with van der Waals surface area (Å²) in [5.74, 6) is 0.636. The quantitative estimate of drug-likeness (QED) is 0.406. The highest BCUT2D eigenvalue weighted by atomic mass is 32.1. The van der Waals surface area contributed by atoms with Gasteiger partial charge in [-0.05, 0) is 54.1 Å². The van der Waals surface area contributed by atoms with Crippen LogP contribution in [0.3, 0.4) is 0 Å². The Morgan fingerprint density at radius 3 is 2.85 bits per heavy atom. The molecule has 1 aromatic carbocycles. The Balaban J connectivity index is 1.35. The number of rotatable bonds is 4. The zero-order valence-corrected chi connectivity index (χ0v) is 19.0. The number of hydrogen-bond donors (Lipinski definition) is 1. The van der Waals surface area contributed by atoms with E-state index < -0.39 is 17.6 Å². The number of carbonyl (C=O) groups excluding carboxylic acids is 1. The number of pyridine rings is 1. The molecule has 10 heteroatoms. The molecular formula is C24H20F3N5OS. The van der Waals surface area contributed by atoms with Crippen molar-refractivity contribution in [3.05, 3.63) is 76.7 Å². The molecule has 0 unspecified atom stereocenters. The largest absolute Gasteiger partial charge is 0.417 e. The van der Waals surface area contributed by atoms with Crippen LogP contribution in [0.2, 0.25) is 0 Å². The number of amides is 1. The van der Waals surface area contributed by atoms with Gasteiger partial charge in [-0.1, -0.05) is 6.07 Å². The lowest BCUT2D eigenvalue weighted by molar-refractivity contribution is -0.137. The van der Waals surface area contributed by atoms with Gasteiger partial charge in [0.25, 0.3) is 5.91 Å². The maximum atomic E-state index is 13.0. The predicted molar refractivity (Wildman–Crippen MR) is 125 cm³/mol. The van der Waals surface area contributed by atoms with Crippen LogP contribution in [0.25, 0.3) is 10.2 Å². The second kappa shape index (κ2) is 8.68. The smallest absolute Gasteiger partial charge is 0.355 e. The van der Waals surface area contributed by atoms with Gasteiger partial charge in [0.2, 0.25) is 0 Å². The van der Waals surface area contributed by atoms with Crippen molar-refractivity contribution in [2.24, 2.45) is 0 Å². The first kappa shape index (κ1) is 22.3. The number of thiophene rings is 1. The summed E-state index contributed by atoms with van der Waals surface area (Å²) in [7, 11) is 0. The van der Waals surface area contributed by atoms with Crippen LogP contribution in [0.5, 0.6) is 0 Å². The SMILES string of the molecule is Cc1ccc(C(=O)Nc2cncc(C(F)(F)F)c2)cc1[C@@H]1CCN(c2ncnc3sccc23)C1. The number of carbonyl (C=O) groups is 1. The molecule has 0 spiro atoms. The van der Waals surface area contributed by atoms with Crippen molar-refractivity contribution >= 4 is 39.0 Å². The summed E-state index contributed by atoms with van der Waals surface area (Å²) in [5.41, 5.74) is 1.59. The monoisotopic (exact) mass is 483 g/mol. The molecular weight excluding hydrogens is 463 g/mol. The third-order valence-corrected chi connectivity index (χ3v) is 6.85. The van der Waals surface area contributed by atoms with Gasteiger partial charge in [0.05, 0.1) is 22.8 Å². The predicted octanol–water partition coefficient (Wildman–Crippen LogP) is 5.66. The van der Waals surface area contributed by atoms with E-state index >= 15 is 0 Å². The van der Waals surface area contributed by atoms with E-state index in [0.29, 0.717) is 5.56 Å². The third kappa shape index (κ3) is 4.33. The number of nitrogens with one attached hydrogen (secondary N) is 1. The van der Waals surface area contributed by atoms with E-state index in [9.17, 15) is 18.0 Å². The van der Waals surface area contributed by atoms with Crippen LogP contribution in [-0.2, 0) is 6.18 Å². The Labute approximate surface area is 197 Å². The van der Waals surface area contributed by atoms with E-state index in [1.54, 1.807) is 23.7 Å². The second-order valence-corrected chi connectivity index (χ2v) is 9.15. The second-order valence-electron chi connectivity index (χ2n) is 8.25. The van der Waals surface area contributed by atoms with E-state index in [-0.39, 0.29) is 11.6 Å². The number of benzene rings is 1. The summed E-state index contributed by atoms with van der Waals surface area (Å²) in [6, 6.07) is 8.30. The van der Waals surface area contributed by atoms with Gasteiger partial charge in [0.1, 0.15) is 17.0 Å². The summed E-state index contributed by atoms with van der Waals surface area (Å²) in [6.45, 7) is 3.59. The van der Waals surface area contributed by atoms with Crippen molar-refractivity contribution in [3.63, 3.8) is 0 Å². The lowest BCUT2D eigenvalue weighted by Crippen LogP contribution is -2.21. The number of alkyl halides is 3. The van der Waals surface area contributed by atoms with Gasteiger partial charge in [0, 0.05) is 30.8 Å². The first-order valence-electron chi connectivity index (χ1n) is 10.7. The van der Waals surface area contributed by atoms with Crippen LogP contribution >= 0.6 is 11.3 Å². The van der Waals surface area contributed by atoms with E-state index in [0.717, 1.165) is 58.9 Å². The molecule has 0 aliphatic carbocycles. The maximum Gasteiger partial charge on any atom is 0.417 e. The van der Waals surface area contributed by atoms with Crippen molar-refractivity contribution in [2.45, 2.75) is 25.4 Å². The first-order chi connectivity index (χ1) is 16.3. The molecule has 1 fully saturated rings. The molecule has 1 aliphatic heterocycles. The molecule has 1 atom stereocenters. The van der Waals surface area contributed by atoms with Gasteiger partial charge in [-0.25, -0.2) is 9.97 Å². The van der Waals surface area contributed by atoms with E-state index in [2.05, 4.69) is 25.2 Å². The average molecular weight is 484 g/mol. The van der Waals surface area contributed by atoms with Gasteiger partial charge in [-0.2, -0.15) is 13.2 Å². The molecule has 1 amide bonds. The summed E-state index contributed by atoms with van der Waals surface area (Å²) >= 11 is 1.58. The number of nitrogens with zero attached hydrogens (tertiary/aromatic N) is 4. The summed E-state index contributed by atoms with van der Waals surface area (Å²) in [5, 5.41) is 5.57. The maximum absolute atomic E-state index is 13.0. The summed E-state index contributed by atoms with van der Waals surface area (Å²) < 4.78 is 38.9. The number of hydrogen-bond acceptors (Lipinski definition) is 6. The van der Waals surface area contributed by atoms with Crippen LogP contribution in [0, 0.1) is 6.92 Å². The van der Waals surface area contributed by atoms with Crippen LogP contribution in [0.1, 0.15) is 39.4 Å². The van der Waals surface area contributed by atoms with Gasteiger partial charge >= 0.3 is 6.18 Å². The van der Waals surface area contributed by atoms with Crippen LogP contribution in [-0.4, -0.2) is 33.9 Å². The molecule has 5 rings (SSSR count). The Morgan fingerprint density at radius 1 is 1.18 bits per heavy atom. The highest BCUT2D eigenvalue weighted by molar-refractivity contribution is 7.16. The normalized spacial score (nSPS) is 16.2. The fraction of sp³-hybridized carbons (Fsp3) is 0.250. The molecule has 3 aromatic heterocycles. The van der Waals surface area contributed by atoms with Crippen molar-refractivity contribution < 1.29 is 18.0 Å². The fourth-order valence-corrected chi connectivity index (χ4v) is 5.05. The topological polar surface area (TPSA) is 71.0 Å². The molecule has 1 saturated heterocycles. The molecule has 4 aromatic rings. The molecule has 1 N–H and O–H groups in total. The number of fused-ring (bicyclic) bond motifs is 1. The van der Waals surface area contributed by atoms with Crippen molar-refractivity contribution in [2.75, 3.05) is 23.3 Å². The van der Waals surface area contributed by atoms with Crippen molar-refractivity contribution in [1.29, 1.82) is 0 Å². The number of aromatic nitrogens is 3. The van der Waals surface area contributed by atoms with Crippen LogP contribution in [0.15, 0.2) is 54.4 Å². The lowest BCUT2D eigenvalue weighted by atomic mass is 9.92. The Kier molecular flexibility index (Phi) is 5.68. The minimum atomic E-state index is -4.53. The van der Waals surface area contributed by atoms with Crippen molar-refractivity contribution in [3.8, 4) is 0 Å². The molecule has 0 radical (unpaired) electrons. The summed E-state index contributed by atoms with van der Waals surface area (Å²) in [4.78, 5) is 28.4.